The van der Waals surface area contributed by atoms with Gasteiger partial charge in [0.25, 0.3) is 0 Å². The topological polar surface area (TPSA) is 38.3 Å². The summed E-state index contributed by atoms with van der Waals surface area (Å²) in [6.45, 7) is 7.14. The number of benzene rings is 1. The molecule has 3 heteroatoms. The van der Waals surface area contributed by atoms with E-state index in [0.29, 0.717) is 18.3 Å². The van der Waals surface area contributed by atoms with Gasteiger partial charge in [-0.1, -0.05) is 19.1 Å². The maximum atomic E-state index is 11.6. The van der Waals surface area contributed by atoms with Crippen LogP contribution in [-0.4, -0.2) is 18.1 Å². The van der Waals surface area contributed by atoms with Gasteiger partial charge in [-0.05, 0) is 50.2 Å². The van der Waals surface area contributed by atoms with Crippen LogP contribution in [0.25, 0.3) is 0 Å². The average molecular weight is 287 g/mol. The van der Waals surface area contributed by atoms with Crippen molar-refractivity contribution in [1.82, 2.24) is 5.32 Å². The predicted molar refractivity (Wildman–Crippen MR) is 83.6 cm³/mol. The third kappa shape index (κ3) is 3.07. The third-order valence-corrected chi connectivity index (χ3v) is 4.52. The highest BCUT2D eigenvalue weighted by Crippen LogP contribution is 2.51. The number of fused-ring (bicyclic) bond motifs is 1. The van der Waals surface area contributed by atoms with Crippen molar-refractivity contribution in [3.8, 4) is 5.75 Å². The van der Waals surface area contributed by atoms with Gasteiger partial charge >= 0.3 is 0 Å². The molecule has 1 aliphatic heterocycles. The zero-order chi connectivity index (χ0) is 15.0. The van der Waals surface area contributed by atoms with Gasteiger partial charge < -0.3 is 10.1 Å². The molecule has 0 saturated heterocycles. The Kier molecular flexibility index (Phi) is 3.68. The molecule has 1 saturated carbocycles. The van der Waals surface area contributed by atoms with Crippen LogP contribution in [0.5, 0.6) is 5.75 Å². The van der Waals surface area contributed by atoms with Gasteiger partial charge in [-0.3, -0.25) is 4.79 Å². The minimum absolute atomic E-state index is 0.0852. The Morgan fingerprint density at radius 3 is 3.00 bits per heavy atom. The molecule has 1 fully saturated rings. The second kappa shape index (κ2) is 5.36. The lowest BCUT2D eigenvalue weighted by molar-refractivity contribution is -0.121. The molecule has 0 bridgehead atoms. The van der Waals surface area contributed by atoms with Crippen molar-refractivity contribution in [1.29, 1.82) is 0 Å². The van der Waals surface area contributed by atoms with Crippen LogP contribution >= 0.6 is 0 Å². The quantitative estimate of drug-likeness (QED) is 0.901. The van der Waals surface area contributed by atoms with Crippen molar-refractivity contribution in [2.24, 2.45) is 5.92 Å². The molecule has 3 nitrogen and oxygen atoms in total. The van der Waals surface area contributed by atoms with E-state index in [9.17, 15) is 4.79 Å². The van der Waals surface area contributed by atoms with E-state index < -0.39 is 0 Å². The zero-order valence-electron chi connectivity index (χ0n) is 13.2. The molecule has 0 radical (unpaired) electrons. The lowest BCUT2D eigenvalue weighted by atomic mass is 9.94. The van der Waals surface area contributed by atoms with Crippen LogP contribution in [0.15, 0.2) is 18.2 Å². The van der Waals surface area contributed by atoms with Gasteiger partial charge in [0, 0.05) is 24.9 Å². The summed E-state index contributed by atoms with van der Waals surface area (Å²) in [5.74, 6) is 2.43. The molecule has 1 N–H and O–H groups in total. The molecule has 2 atom stereocenters. The molecule has 1 aromatic rings. The van der Waals surface area contributed by atoms with Gasteiger partial charge in [0.05, 0.1) is 0 Å². The molecule has 3 rings (SSSR count). The van der Waals surface area contributed by atoms with E-state index in [4.69, 9.17) is 4.74 Å². The minimum Gasteiger partial charge on any atom is -0.487 e. The van der Waals surface area contributed by atoms with Crippen molar-refractivity contribution < 1.29 is 9.53 Å². The van der Waals surface area contributed by atoms with Gasteiger partial charge in [0.2, 0.25) is 5.91 Å². The Morgan fingerprint density at radius 1 is 1.43 bits per heavy atom. The van der Waals surface area contributed by atoms with E-state index in [2.05, 4.69) is 37.4 Å². The Bertz CT molecular complexity index is 550. The van der Waals surface area contributed by atoms with Crippen LogP contribution in [0.1, 0.15) is 57.1 Å². The Morgan fingerprint density at radius 2 is 2.24 bits per heavy atom. The van der Waals surface area contributed by atoms with Crippen molar-refractivity contribution in [2.45, 2.75) is 58.0 Å². The van der Waals surface area contributed by atoms with E-state index in [1.54, 1.807) is 0 Å². The predicted octanol–water partition coefficient (Wildman–Crippen LogP) is 3.42. The number of carbonyl (C=O) groups is 1. The van der Waals surface area contributed by atoms with Crippen LogP contribution in [0, 0.1) is 5.92 Å². The lowest BCUT2D eigenvalue weighted by Crippen LogP contribution is -2.25. The van der Waals surface area contributed by atoms with Crippen LogP contribution in [0.4, 0.5) is 0 Å². The fourth-order valence-electron chi connectivity index (χ4n) is 3.39. The average Bonchev–Trinajstić information content (AvgIpc) is 3.10. The van der Waals surface area contributed by atoms with Gasteiger partial charge in [0.15, 0.2) is 0 Å². The molecule has 1 aromatic carbocycles. The van der Waals surface area contributed by atoms with Crippen LogP contribution in [-0.2, 0) is 11.2 Å². The molecule has 114 valence electrons. The molecule has 1 amide bonds. The van der Waals surface area contributed by atoms with E-state index in [1.807, 2.05) is 6.92 Å². The Labute approximate surface area is 127 Å². The van der Waals surface area contributed by atoms with Crippen LogP contribution in [0.3, 0.4) is 0 Å². The molecule has 2 aliphatic rings. The Balaban J connectivity index is 1.63. The van der Waals surface area contributed by atoms with Crippen molar-refractivity contribution >= 4 is 5.91 Å². The SMILES string of the molecule is CCCC(=O)NC[C@@H]1C[C@H]1c1cccc2c1CC(C)(C)O2. The number of rotatable bonds is 5. The molecule has 0 spiro atoms. The first-order valence-corrected chi connectivity index (χ1v) is 8.07. The van der Waals surface area contributed by atoms with E-state index in [1.165, 1.54) is 17.5 Å². The second-order valence-electron chi connectivity index (χ2n) is 7.02. The summed E-state index contributed by atoms with van der Waals surface area (Å²) in [7, 11) is 0. The highest BCUT2D eigenvalue weighted by Gasteiger charge is 2.42. The van der Waals surface area contributed by atoms with E-state index in [0.717, 1.165) is 25.1 Å². The largest absolute Gasteiger partial charge is 0.487 e. The van der Waals surface area contributed by atoms with Crippen LogP contribution in [0.2, 0.25) is 0 Å². The molecule has 1 aliphatic carbocycles. The summed E-state index contributed by atoms with van der Waals surface area (Å²) < 4.78 is 6.01. The molecule has 0 aromatic heterocycles. The molecular formula is C18H25NO2. The summed E-state index contributed by atoms with van der Waals surface area (Å²) in [6.07, 6.45) is 3.73. The highest BCUT2D eigenvalue weighted by atomic mass is 16.5. The van der Waals surface area contributed by atoms with Gasteiger partial charge in [-0.15, -0.1) is 0 Å². The van der Waals surface area contributed by atoms with Crippen molar-refractivity contribution in [2.75, 3.05) is 6.54 Å². The number of carbonyl (C=O) groups excluding carboxylic acids is 1. The maximum absolute atomic E-state index is 11.6. The van der Waals surface area contributed by atoms with Crippen molar-refractivity contribution in [3.63, 3.8) is 0 Å². The number of ether oxygens (including phenoxy) is 1. The monoisotopic (exact) mass is 287 g/mol. The zero-order valence-corrected chi connectivity index (χ0v) is 13.2. The number of hydrogen-bond acceptors (Lipinski definition) is 2. The standard InChI is InChI=1S/C18H25NO2/c1-4-6-17(20)19-11-12-9-14(12)13-7-5-8-16-15(13)10-18(2,3)21-16/h5,7-8,12,14H,4,6,9-11H2,1-3H3,(H,19,20)/t12-,14+/m0/s1. The summed E-state index contributed by atoms with van der Waals surface area (Å²) in [4.78, 5) is 11.6. The Hall–Kier alpha value is -1.51. The summed E-state index contributed by atoms with van der Waals surface area (Å²) >= 11 is 0. The molecule has 1 heterocycles. The molecule has 21 heavy (non-hydrogen) atoms. The van der Waals surface area contributed by atoms with E-state index >= 15 is 0 Å². The summed E-state index contributed by atoms with van der Waals surface area (Å²) in [5.41, 5.74) is 2.74. The first-order valence-electron chi connectivity index (χ1n) is 8.07. The first-order chi connectivity index (χ1) is 10.00. The molecule has 0 unspecified atom stereocenters. The van der Waals surface area contributed by atoms with E-state index in [-0.39, 0.29) is 11.5 Å². The number of hydrogen-bond donors (Lipinski definition) is 1. The minimum atomic E-state index is -0.0852. The third-order valence-electron chi connectivity index (χ3n) is 4.52. The lowest BCUT2D eigenvalue weighted by Gasteiger charge is -2.16. The van der Waals surface area contributed by atoms with Gasteiger partial charge in [-0.2, -0.15) is 0 Å². The second-order valence-corrected chi connectivity index (χ2v) is 7.02. The first kappa shape index (κ1) is 14.4. The van der Waals surface area contributed by atoms with Gasteiger partial charge in [0.1, 0.15) is 11.4 Å². The number of amides is 1. The maximum Gasteiger partial charge on any atom is 0.219 e. The normalized spacial score (nSPS) is 25.1. The summed E-state index contributed by atoms with van der Waals surface area (Å²) in [5, 5.41) is 3.06. The van der Waals surface area contributed by atoms with Crippen LogP contribution < -0.4 is 10.1 Å². The van der Waals surface area contributed by atoms with Gasteiger partial charge in [-0.25, -0.2) is 0 Å². The number of nitrogens with one attached hydrogen (secondary N) is 1. The highest BCUT2D eigenvalue weighted by molar-refractivity contribution is 5.75. The fourth-order valence-corrected chi connectivity index (χ4v) is 3.39. The van der Waals surface area contributed by atoms with Crippen molar-refractivity contribution in [3.05, 3.63) is 29.3 Å². The summed E-state index contributed by atoms with van der Waals surface area (Å²) in [6, 6.07) is 6.41. The smallest absolute Gasteiger partial charge is 0.219 e. The molecular weight excluding hydrogens is 262 g/mol. The fraction of sp³-hybridized carbons (Fsp3) is 0.611.